The Morgan fingerprint density at radius 3 is 2.61 bits per heavy atom. The van der Waals surface area contributed by atoms with Crippen LogP contribution in [0.3, 0.4) is 0 Å². The molecule has 7 heteroatoms. The first kappa shape index (κ1) is 23.5. The number of allylic oxidation sites excluding steroid dienone is 1. The highest BCUT2D eigenvalue weighted by molar-refractivity contribution is 7.89. The lowest BCUT2D eigenvalue weighted by Crippen LogP contribution is -2.35. The molecular weight excluding hydrogens is 434 g/mol. The van der Waals surface area contributed by atoms with E-state index in [4.69, 9.17) is 0 Å². The molecule has 0 aromatic heterocycles. The third kappa shape index (κ3) is 4.99. The van der Waals surface area contributed by atoms with E-state index >= 15 is 0 Å². The fourth-order valence-electron chi connectivity index (χ4n) is 4.76. The lowest BCUT2D eigenvalue weighted by Gasteiger charge is -2.31. The normalized spacial score (nSPS) is 15.7. The highest BCUT2D eigenvalue weighted by Gasteiger charge is 2.28. The summed E-state index contributed by atoms with van der Waals surface area (Å²) in [6.45, 7) is 5.90. The number of anilines is 2. The van der Waals surface area contributed by atoms with Crippen molar-refractivity contribution < 1.29 is 13.2 Å². The van der Waals surface area contributed by atoms with Gasteiger partial charge in [0.05, 0.1) is 11.4 Å². The Bertz CT molecular complexity index is 1180. The highest BCUT2D eigenvalue weighted by Crippen LogP contribution is 2.30. The Balaban J connectivity index is 1.47. The van der Waals surface area contributed by atoms with E-state index in [1.54, 1.807) is 6.07 Å². The molecule has 1 amide bonds. The number of amides is 1. The summed E-state index contributed by atoms with van der Waals surface area (Å²) < 4.78 is 27.7. The maximum Gasteiger partial charge on any atom is 0.243 e. The Hall–Kier alpha value is -2.64. The molecule has 1 aliphatic heterocycles. The second kappa shape index (κ2) is 9.69. The van der Waals surface area contributed by atoms with Gasteiger partial charge >= 0.3 is 0 Å². The minimum atomic E-state index is -3.78. The molecule has 0 atom stereocenters. The van der Waals surface area contributed by atoms with Crippen molar-refractivity contribution in [2.45, 2.75) is 50.8 Å². The minimum Gasteiger partial charge on any atom is -0.371 e. The molecule has 1 saturated heterocycles. The summed E-state index contributed by atoms with van der Waals surface area (Å²) >= 11 is 0. The molecule has 6 nitrogen and oxygen atoms in total. The average molecular weight is 468 g/mol. The predicted octanol–water partition coefficient (Wildman–Crippen LogP) is 4.38. The van der Waals surface area contributed by atoms with Gasteiger partial charge in [0.2, 0.25) is 15.9 Å². The standard InChI is InChI=1S/C26H33N3O3S/c1-4-20-17-22(11-12-24(20)29-13-6-5-7-14-29)27-26(30)18-28(3)33(31,32)25-16-19(2)15-21-9-8-10-23(21)25/h8-9,11-12,15-17H,4-7,10,13-14,18H2,1-3H3,(H,27,30). The van der Waals surface area contributed by atoms with E-state index < -0.39 is 10.0 Å². The van der Waals surface area contributed by atoms with Crippen LogP contribution in [0.1, 0.15) is 48.4 Å². The largest absolute Gasteiger partial charge is 0.371 e. The lowest BCUT2D eigenvalue weighted by molar-refractivity contribution is -0.116. The van der Waals surface area contributed by atoms with Crippen molar-refractivity contribution in [3.8, 4) is 0 Å². The molecule has 33 heavy (non-hydrogen) atoms. The highest BCUT2D eigenvalue weighted by atomic mass is 32.2. The fraction of sp³-hybridized carbons (Fsp3) is 0.423. The van der Waals surface area contributed by atoms with Crippen LogP contribution in [0.2, 0.25) is 0 Å². The van der Waals surface area contributed by atoms with E-state index in [2.05, 4.69) is 23.2 Å². The van der Waals surface area contributed by atoms with E-state index in [0.717, 1.165) is 40.5 Å². The van der Waals surface area contributed by atoms with E-state index in [9.17, 15) is 13.2 Å². The number of likely N-dealkylation sites (N-methyl/N-ethyl adjacent to an activating group) is 1. The number of hydrogen-bond acceptors (Lipinski definition) is 4. The van der Waals surface area contributed by atoms with Crippen LogP contribution in [-0.2, 0) is 27.7 Å². The maximum absolute atomic E-state index is 13.3. The van der Waals surface area contributed by atoms with Gasteiger partial charge in [-0.25, -0.2) is 8.42 Å². The van der Waals surface area contributed by atoms with Crippen molar-refractivity contribution in [1.82, 2.24) is 4.31 Å². The molecule has 4 rings (SSSR count). The zero-order valence-corrected chi connectivity index (χ0v) is 20.5. The Morgan fingerprint density at radius 2 is 1.88 bits per heavy atom. The molecule has 2 aromatic carbocycles. The molecule has 0 bridgehead atoms. The summed E-state index contributed by atoms with van der Waals surface area (Å²) in [5, 5.41) is 2.89. The zero-order chi connectivity index (χ0) is 23.6. The number of nitrogens with zero attached hydrogens (tertiary/aromatic N) is 2. The number of benzene rings is 2. The molecular formula is C26H33N3O3S. The van der Waals surface area contributed by atoms with Gasteiger partial charge in [-0.1, -0.05) is 25.1 Å². The van der Waals surface area contributed by atoms with Crippen molar-refractivity contribution in [3.63, 3.8) is 0 Å². The number of rotatable bonds is 7. The molecule has 2 aliphatic rings. The van der Waals surface area contributed by atoms with Crippen molar-refractivity contribution in [1.29, 1.82) is 0 Å². The number of carbonyl (C=O) groups is 1. The molecule has 176 valence electrons. The van der Waals surface area contributed by atoms with Crippen LogP contribution >= 0.6 is 0 Å². The Labute approximate surface area is 197 Å². The van der Waals surface area contributed by atoms with Gasteiger partial charge in [0.25, 0.3) is 0 Å². The second-order valence-electron chi connectivity index (χ2n) is 8.99. The molecule has 0 spiro atoms. The molecule has 1 fully saturated rings. The maximum atomic E-state index is 13.3. The fourth-order valence-corrected chi connectivity index (χ4v) is 6.23. The van der Waals surface area contributed by atoms with Crippen LogP contribution < -0.4 is 10.2 Å². The number of piperidine rings is 1. The SMILES string of the molecule is CCc1cc(NC(=O)CN(C)S(=O)(=O)c2cc(C)cc3c2CC=C3)ccc1N1CCCCC1. The predicted molar refractivity (Wildman–Crippen MR) is 134 cm³/mol. The number of hydrogen-bond donors (Lipinski definition) is 1. The van der Waals surface area contributed by atoms with Crippen molar-refractivity contribution in [2.75, 3.05) is 36.9 Å². The summed E-state index contributed by atoms with van der Waals surface area (Å²) in [5.41, 5.74) is 5.75. The van der Waals surface area contributed by atoms with Crippen molar-refractivity contribution >= 4 is 33.4 Å². The van der Waals surface area contributed by atoms with Crippen LogP contribution in [0.5, 0.6) is 0 Å². The van der Waals surface area contributed by atoms with Crippen molar-refractivity contribution in [2.24, 2.45) is 0 Å². The van der Waals surface area contributed by atoms with E-state index in [1.807, 2.05) is 37.3 Å². The van der Waals surface area contributed by atoms with Gasteiger partial charge in [-0.05, 0) is 85.5 Å². The molecule has 0 unspecified atom stereocenters. The van der Waals surface area contributed by atoms with E-state index in [0.29, 0.717) is 12.1 Å². The molecule has 1 aliphatic carbocycles. The van der Waals surface area contributed by atoms with Gasteiger partial charge in [0.1, 0.15) is 0 Å². The zero-order valence-electron chi connectivity index (χ0n) is 19.7. The van der Waals surface area contributed by atoms with Gasteiger partial charge in [0.15, 0.2) is 0 Å². The number of sulfonamides is 1. The van der Waals surface area contributed by atoms with Gasteiger partial charge in [-0.3, -0.25) is 4.79 Å². The van der Waals surface area contributed by atoms with Crippen LogP contribution in [-0.4, -0.2) is 45.3 Å². The Kier molecular flexibility index (Phi) is 6.91. The third-order valence-corrected chi connectivity index (χ3v) is 8.37. The topological polar surface area (TPSA) is 69.7 Å². The summed E-state index contributed by atoms with van der Waals surface area (Å²) in [6.07, 6.45) is 9.08. The molecule has 1 N–H and O–H groups in total. The first-order valence-corrected chi connectivity index (χ1v) is 13.2. The number of aryl methyl sites for hydroxylation is 2. The van der Waals surface area contributed by atoms with Gasteiger partial charge in [0, 0.05) is 31.5 Å². The molecule has 0 saturated carbocycles. The van der Waals surface area contributed by atoms with Crippen molar-refractivity contribution in [3.05, 3.63) is 58.7 Å². The second-order valence-corrected chi connectivity index (χ2v) is 11.0. The van der Waals surface area contributed by atoms with Crippen LogP contribution in [0, 0.1) is 6.92 Å². The third-order valence-electron chi connectivity index (χ3n) is 6.50. The minimum absolute atomic E-state index is 0.242. The first-order valence-electron chi connectivity index (χ1n) is 11.7. The van der Waals surface area contributed by atoms with Gasteiger partial charge in [-0.2, -0.15) is 4.31 Å². The molecule has 0 radical (unpaired) electrons. The summed E-state index contributed by atoms with van der Waals surface area (Å²) in [6, 6.07) is 9.68. The lowest BCUT2D eigenvalue weighted by atomic mass is 10.0. The van der Waals surface area contributed by atoms with Crippen LogP contribution in [0.25, 0.3) is 6.08 Å². The average Bonchev–Trinajstić information content (AvgIpc) is 3.27. The first-order chi connectivity index (χ1) is 15.8. The number of fused-ring (bicyclic) bond motifs is 1. The summed E-state index contributed by atoms with van der Waals surface area (Å²) in [5.74, 6) is -0.351. The molecule has 1 heterocycles. The van der Waals surface area contributed by atoms with Crippen LogP contribution in [0.15, 0.2) is 41.3 Å². The smallest absolute Gasteiger partial charge is 0.243 e. The summed E-state index contributed by atoms with van der Waals surface area (Å²) in [4.78, 5) is 15.5. The molecule has 2 aromatic rings. The summed E-state index contributed by atoms with van der Waals surface area (Å²) in [7, 11) is -2.32. The monoisotopic (exact) mass is 467 g/mol. The van der Waals surface area contributed by atoms with Crippen LogP contribution in [0.4, 0.5) is 11.4 Å². The van der Waals surface area contributed by atoms with E-state index in [-0.39, 0.29) is 17.3 Å². The van der Waals surface area contributed by atoms with E-state index in [1.165, 1.54) is 37.6 Å². The number of nitrogens with one attached hydrogen (secondary N) is 1. The Morgan fingerprint density at radius 1 is 1.12 bits per heavy atom. The van der Waals surface area contributed by atoms with Gasteiger partial charge in [-0.15, -0.1) is 0 Å². The quantitative estimate of drug-likeness (QED) is 0.656. The van der Waals surface area contributed by atoms with Gasteiger partial charge < -0.3 is 10.2 Å². The number of carbonyl (C=O) groups excluding carboxylic acids is 1.